The van der Waals surface area contributed by atoms with Gasteiger partial charge in [-0.2, -0.15) is 5.10 Å². The SMILES string of the molecule is Cn1cc(C(=O)Nc2ccc(N3CCN(C(=O)OC(C)(C)C)CC3)cn2)cn1. The number of aromatic nitrogens is 3. The van der Waals surface area contributed by atoms with Crippen LogP contribution in [0.25, 0.3) is 0 Å². The van der Waals surface area contributed by atoms with Gasteiger partial charge in [-0.3, -0.25) is 9.48 Å². The molecule has 3 heterocycles. The van der Waals surface area contributed by atoms with Crippen LogP contribution in [-0.4, -0.2) is 63.4 Å². The molecule has 0 saturated carbocycles. The number of aryl methyl sites for hydroxylation is 1. The van der Waals surface area contributed by atoms with E-state index in [0.29, 0.717) is 37.6 Å². The Morgan fingerprint density at radius 3 is 2.36 bits per heavy atom. The fraction of sp³-hybridized carbons (Fsp3) is 0.474. The average molecular weight is 386 g/mol. The molecule has 0 aliphatic carbocycles. The Labute approximate surface area is 164 Å². The number of carbonyl (C=O) groups excluding carboxylic acids is 2. The molecule has 28 heavy (non-hydrogen) atoms. The lowest BCUT2D eigenvalue weighted by molar-refractivity contribution is 0.0240. The zero-order chi connectivity index (χ0) is 20.3. The molecule has 1 saturated heterocycles. The van der Waals surface area contributed by atoms with E-state index in [1.54, 1.807) is 35.1 Å². The van der Waals surface area contributed by atoms with E-state index in [1.807, 2.05) is 26.8 Å². The highest BCUT2D eigenvalue weighted by atomic mass is 16.6. The van der Waals surface area contributed by atoms with Crippen LogP contribution in [0, 0.1) is 0 Å². The molecule has 0 atom stereocenters. The molecular formula is C19H26N6O3. The van der Waals surface area contributed by atoms with E-state index in [9.17, 15) is 9.59 Å². The predicted molar refractivity (Wildman–Crippen MR) is 105 cm³/mol. The van der Waals surface area contributed by atoms with Crippen molar-refractivity contribution >= 4 is 23.5 Å². The molecule has 0 radical (unpaired) electrons. The van der Waals surface area contributed by atoms with E-state index >= 15 is 0 Å². The van der Waals surface area contributed by atoms with Crippen LogP contribution < -0.4 is 10.2 Å². The second-order valence-corrected chi connectivity index (χ2v) is 7.71. The van der Waals surface area contributed by atoms with Crippen molar-refractivity contribution in [1.82, 2.24) is 19.7 Å². The van der Waals surface area contributed by atoms with Crippen molar-refractivity contribution in [1.29, 1.82) is 0 Å². The molecule has 9 nitrogen and oxygen atoms in total. The van der Waals surface area contributed by atoms with E-state index in [0.717, 1.165) is 5.69 Å². The van der Waals surface area contributed by atoms with Gasteiger partial charge in [-0.15, -0.1) is 0 Å². The summed E-state index contributed by atoms with van der Waals surface area (Å²) in [7, 11) is 1.76. The number of piperazine rings is 1. The molecule has 3 rings (SSSR count). The highest BCUT2D eigenvalue weighted by Gasteiger charge is 2.26. The van der Waals surface area contributed by atoms with Crippen LogP contribution >= 0.6 is 0 Å². The third-order valence-corrected chi connectivity index (χ3v) is 4.25. The highest BCUT2D eigenvalue weighted by molar-refractivity contribution is 6.03. The minimum atomic E-state index is -0.492. The van der Waals surface area contributed by atoms with Crippen molar-refractivity contribution in [3.8, 4) is 0 Å². The number of ether oxygens (including phenoxy) is 1. The molecule has 2 amide bonds. The number of pyridine rings is 1. The first-order valence-corrected chi connectivity index (χ1v) is 9.20. The number of hydrogen-bond acceptors (Lipinski definition) is 6. The largest absolute Gasteiger partial charge is 0.444 e. The van der Waals surface area contributed by atoms with Crippen molar-refractivity contribution in [2.45, 2.75) is 26.4 Å². The maximum Gasteiger partial charge on any atom is 0.410 e. The molecule has 9 heteroatoms. The van der Waals surface area contributed by atoms with Gasteiger partial charge in [0.1, 0.15) is 11.4 Å². The van der Waals surface area contributed by atoms with Gasteiger partial charge in [-0.1, -0.05) is 0 Å². The van der Waals surface area contributed by atoms with Gasteiger partial charge in [0.05, 0.1) is 23.6 Å². The van der Waals surface area contributed by atoms with Crippen LogP contribution in [0.1, 0.15) is 31.1 Å². The van der Waals surface area contributed by atoms with Crippen LogP contribution in [-0.2, 0) is 11.8 Å². The first-order valence-electron chi connectivity index (χ1n) is 9.20. The maximum atomic E-state index is 12.1. The summed E-state index contributed by atoms with van der Waals surface area (Å²) in [6.07, 6.45) is 4.60. The number of nitrogens with one attached hydrogen (secondary N) is 1. The summed E-state index contributed by atoms with van der Waals surface area (Å²) in [5.74, 6) is 0.226. The average Bonchev–Trinajstić information content (AvgIpc) is 3.08. The second kappa shape index (κ2) is 7.87. The smallest absolute Gasteiger partial charge is 0.410 e. The van der Waals surface area contributed by atoms with Gasteiger partial charge in [0.15, 0.2) is 0 Å². The molecule has 2 aromatic heterocycles. The molecule has 0 spiro atoms. The monoisotopic (exact) mass is 386 g/mol. The third-order valence-electron chi connectivity index (χ3n) is 4.25. The summed E-state index contributed by atoms with van der Waals surface area (Å²) in [5, 5.41) is 6.74. The summed E-state index contributed by atoms with van der Waals surface area (Å²) in [6, 6.07) is 3.68. The molecule has 1 fully saturated rings. The van der Waals surface area contributed by atoms with Gasteiger partial charge in [0.2, 0.25) is 0 Å². The van der Waals surface area contributed by atoms with Crippen LogP contribution in [0.2, 0.25) is 0 Å². The molecule has 0 unspecified atom stereocenters. The van der Waals surface area contributed by atoms with Gasteiger partial charge in [0.25, 0.3) is 5.91 Å². The number of rotatable bonds is 3. The van der Waals surface area contributed by atoms with Crippen molar-refractivity contribution in [3.63, 3.8) is 0 Å². The van der Waals surface area contributed by atoms with Crippen LogP contribution in [0.5, 0.6) is 0 Å². The first-order chi connectivity index (χ1) is 13.2. The lowest BCUT2D eigenvalue weighted by Crippen LogP contribution is -2.50. The first kappa shape index (κ1) is 19.7. The van der Waals surface area contributed by atoms with E-state index in [2.05, 4.69) is 20.3 Å². The van der Waals surface area contributed by atoms with Gasteiger partial charge < -0.3 is 19.9 Å². The van der Waals surface area contributed by atoms with E-state index in [-0.39, 0.29) is 12.0 Å². The minimum Gasteiger partial charge on any atom is -0.444 e. The fourth-order valence-corrected chi connectivity index (χ4v) is 2.85. The Hall–Kier alpha value is -3.10. The number of nitrogens with zero attached hydrogens (tertiary/aromatic N) is 5. The zero-order valence-corrected chi connectivity index (χ0v) is 16.7. The van der Waals surface area contributed by atoms with Crippen LogP contribution in [0.4, 0.5) is 16.3 Å². The predicted octanol–water partition coefficient (Wildman–Crippen LogP) is 2.12. The molecule has 150 valence electrons. The number of carbonyl (C=O) groups is 2. The Bertz CT molecular complexity index is 832. The van der Waals surface area contributed by atoms with E-state index in [1.165, 1.54) is 6.20 Å². The summed E-state index contributed by atoms with van der Waals surface area (Å²) in [4.78, 5) is 32.5. The Kier molecular flexibility index (Phi) is 5.53. The van der Waals surface area contributed by atoms with Gasteiger partial charge in [0, 0.05) is 39.4 Å². The Morgan fingerprint density at radius 2 is 1.82 bits per heavy atom. The van der Waals surface area contributed by atoms with Crippen LogP contribution in [0.15, 0.2) is 30.7 Å². The van der Waals surface area contributed by atoms with Crippen molar-refractivity contribution < 1.29 is 14.3 Å². The quantitative estimate of drug-likeness (QED) is 0.869. The molecule has 2 aromatic rings. The fourth-order valence-electron chi connectivity index (χ4n) is 2.85. The summed E-state index contributed by atoms with van der Waals surface area (Å²) in [6.45, 7) is 8.16. The Balaban J connectivity index is 1.53. The zero-order valence-electron chi connectivity index (χ0n) is 16.7. The molecular weight excluding hydrogens is 360 g/mol. The van der Waals surface area contributed by atoms with Gasteiger partial charge in [-0.05, 0) is 32.9 Å². The van der Waals surface area contributed by atoms with Crippen LogP contribution in [0.3, 0.4) is 0 Å². The van der Waals surface area contributed by atoms with Crippen molar-refractivity contribution in [3.05, 3.63) is 36.3 Å². The highest BCUT2D eigenvalue weighted by Crippen LogP contribution is 2.19. The molecule has 0 bridgehead atoms. The summed E-state index contributed by atoms with van der Waals surface area (Å²) in [5.41, 5.74) is 0.934. The normalized spacial score (nSPS) is 14.7. The minimum absolute atomic E-state index is 0.251. The number of amides is 2. The van der Waals surface area contributed by atoms with E-state index in [4.69, 9.17) is 4.74 Å². The van der Waals surface area contributed by atoms with E-state index < -0.39 is 5.60 Å². The topological polar surface area (TPSA) is 92.6 Å². The lowest BCUT2D eigenvalue weighted by atomic mass is 10.2. The van der Waals surface area contributed by atoms with Crippen molar-refractivity contribution in [2.24, 2.45) is 7.05 Å². The molecule has 1 aliphatic rings. The maximum absolute atomic E-state index is 12.1. The Morgan fingerprint density at radius 1 is 1.11 bits per heavy atom. The van der Waals surface area contributed by atoms with Gasteiger partial charge >= 0.3 is 6.09 Å². The summed E-state index contributed by atoms with van der Waals surface area (Å²) < 4.78 is 6.99. The number of anilines is 2. The molecule has 0 aromatic carbocycles. The third kappa shape index (κ3) is 4.99. The molecule has 1 N–H and O–H groups in total. The summed E-state index contributed by atoms with van der Waals surface area (Å²) >= 11 is 0. The number of hydrogen-bond donors (Lipinski definition) is 1. The molecule has 1 aliphatic heterocycles. The van der Waals surface area contributed by atoms with Gasteiger partial charge in [-0.25, -0.2) is 9.78 Å². The van der Waals surface area contributed by atoms with Crippen molar-refractivity contribution in [2.75, 3.05) is 36.4 Å². The standard InChI is InChI=1S/C19H26N6O3/c1-19(2,3)28-18(27)25-9-7-24(8-10-25)15-5-6-16(20-12-15)22-17(26)14-11-21-23(4)13-14/h5-6,11-13H,7-10H2,1-4H3,(H,20,22,26). The second-order valence-electron chi connectivity index (χ2n) is 7.71. The lowest BCUT2D eigenvalue weighted by Gasteiger charge is -2.36.